The Morgan fingerprint density at radius 3 is 2.64 bits per heavy atom. The van der Waals surface area contributed by atoms with E-state index in [1.165, 1.54) is 5.75 Å². The molecule has 2 nitrogen and oxygen atoms in total. The average molecular weight is 215 g/mol. The van der Waals surface area contributed by atoms with Gasteiger partial charge in [0.15, 0.2) is 5.78 Å². The summed E-state index contributed by atoms with van der Waals surface area (Å²) in [6.07, 6.45) is 0. The van der Waals surface area contributed by atoms with Gasteiger partial charge in [-0.05, 0) is 6.92 Å². The van der Waals surface area contributed by atoms with Gasteiger partial charge >= 0.3 is 0 Å². The van der Waals surface area contributed by atoms with Crippen molar-refractivity contribution in [1.82, 2.24) is 4.90 Å². The van der Waals surface area contributed by atoms with Crippen LogP contribution in [0.2, 0.25) is 0 Å². The van der Waals surface area contributed by atoms with Gasteiger partial charge in [-0.1, -0.05) is 20.8 Å². The zero-order valence-electron chi connectivity index (χ0n) is 9.67. The van der Waals surface area contributed by atoms with E-state index in [-0.39, 0.29) is 5.41 Å². The summed E-state index contributed by atoms with van der Waals surface area (Å²) in [5.74, 6) is 2.69. The maximum atomic E-state index is 11.8. The van der Waals surface area contributed by atoms with E-state index in [4.69, 9.17) is 0 Å². The second kappa shape index (κ2) is 4.67. The molecule has 0 bridgehead atoms. The molecule has 0 aliphatic carbocycles. The summed E-state index contributed by atoms with van der Waals surface area (Å²) < 4.78 is 0. The van der Waals surface area contributed by atoms with Crippen LogP contribution in [0.25, 0.3) is 0 Å². The fraction of sp³-hybridized carbons (Fsp3) is 0.909. The molecule has 1 unspecified atom stereocenters. The molecule has 1 aliphatic heterocycles. The molecular weight excluding hydrogens is 194 g/mol. The maximum Gasteiger partial charge on any atom is 0.152 e. The number of hydrogen-bond donors (Lipinski definition) is 0. The quantitative estimate of drug-likeness (QED) is 0.703. The third-order valence-electron chi connectivity index (χ3n) is 2.69. The first kappa shape index (κ1) is 12.1. The van der Waals surface area contributed by atoms with E-state index in [0.29, 0.717) is 18.4 Å². The first-order valence-electron chi connectivity index (χ1n) is 5.26. The molecular formula is C11H21NOS. The monoisotopic (exact) mass is 215 g/mol. The Hall–Kier alpha value is -0.0200. The smallest absolute Gasteiger partial charge is 0.152 e. The second-order valence-electron chi connectivity index (χ2n) is 5.07. The maximum absolute atomic E-state index is 11.8. The SMILES string of the molecule is CC1CSCCN1CC(=O)C(C)(C)C. The predicted octanol–water partition coefficient (Wildman–Crippen LogP) is 2.04. The van der Waals surface area contributed by atoms with Crippen molar-refractivity contribution in [2.45, 2.75) is 33.7 Å². The van der Waals surface area contributed by atoms with Crippen LogP contribution in [0.3, 0.4) is 0 Å². The molecule has 1 atom stereocenters. The Bertz CT molecular complexity index is 210. The molecule has 1 aliphatic rings. The summed E-state index contributed by atoms with van der Waals surface area (Å²) in [6, 6.07) is 0.556. The summed E-state index contributed by atoms with van der Waals surface area (Å²) in [4.78, 5) is 14.1. The Balaban J connectivity index is 2.46. The molecule has 3 heteroatoms. The lowest BCUT2D eigenvalue weighted by Gasteiger charge is -2.34. The van der Waals surface area contributed by atoms with E-state index in [1.54, 1.807) is 0 Å². The topological polar surface area (TPSA) is 20.3 Å². The van der Waals surface area contributed by atoms with E-state index < -0.39 is 0 Å². The van der Waals surface area contributed by atoms with Crippen molar-refractivity contribution in [1.29, 1.82) is 0 Å². The van der Waals surface area contributed by atoms with E-state index in [0.717, 1.165) is 12.3 Å². The van der Waals surface area contributed by atoms with Gasteiger partial charge in [0.25, 0.3) is 0 Å². The highest BCUT2D eigenvalue weighted by atomic mass is 32.2. The van der Waals surface area contributed by atoms with Crippen molar-refractivity contribution in [3.8, 4) is 0 Å². The molecule has 0 aromatic rings. The molecule has 1 rings (SSSR count). The largest absolute Gasteiger partial charge is 0.298 e. The molecule has 1 saturated heterocycles. The highest BCUT2D eigenvalue weighted by Gasteiger charge is 2.26. The van der Waals surface area contributed by atoms with Crippen molar-refractivity contribution in [3.05, 3.63) is 0 Å². The number of hydrogen-bond acceptors (Lipinski definition) is 3. The Labute approximate surface area is 91.4 Å². The molecule has 0 spiro atoms. The van der Waals surface area contributed by atoms with Gasteiger partial charge in [-0.3, -0.25) is 9.69 Å². The number of nitrogens with zero attached hydrogens (tertiary/aromatic N) is 1. The number of rotatable bonds is 2. The van der Waals surface area contributed by atoms with Crippen molar-refractivity contribution < 1.29 is 4.79 Å². The van der Waals surface area contributed by atoms with Gasteiger partial charge in [0.2, 0.25) is 0 Å². The van der Waals surface area contributed by atoms with E-state index in [1.807, 2.05) is 32.5 Å². The van der Waals surface area contributed by atoms with Gasteiger partial charge in [-0.25, -0.2) is 0 Å². The van der Waals surface area contributed by atoms with Gasteiger partial charge in [-0.2, -0.15) is 11.8 Å². The highest BCUT2D eigenvalue weighted by molar-refractivity contribution is 7.99. The molecule has 0 amide bonds. The standard InChI is InChI=1S/C11H21NOS/c1-9-8-14-6-5-12(9)7-10(13)11(2,3)4/h9H,5-8H2,1-4H3. The molecule has 0 aromatic carbocycles. The summed E-state index contributed by atoms with van der Waals surface area (Å²) >= 11 is 1.99. The summed E-state index contributed by atoms with van der Waals surface area (Å²) in [7, 11) is 0. The molecule has 82 valence electrons. The Morgan fingerprint density at radius 2 is 2.14 bits per heavy atom. The molecule has 1 heterocycles. The van der Waals surface area contributed by atoms with Gasteiger partial charge < -0.3 is 0 Å². The minimum Gasteiger partial charge on any atom is -0.298 e. The zero-order chi connectivity index (χ0) is 10.8. The predicted molar refractivity (Wildman–Crippen MR) is 62.8 cm³/mol. The highest BCUT2D eigenvalue weighted by Crippen LogP contribution is 2.19. The molecule has 0 saturated carbocycles. The summed E-state index contributed by atoms with van der Waals surface area (Å²) in [6.45, 7) is 9.90. The minimum atomic E-state index is -0.190. The van der Waals surface area contributed by atoms with Crippen LogP contribution in [-0.4, -0.2) is 41.3 Å². The van der Waals surface area contributed by atoms with E-state index in [2.05, 4.69) is 11.8 Å². The zero-order valence-corrected chi connectivity index (χ0v) is 10.5. The minimum absolute atomic E-state index is 0.190. The van der Waals surface area contributed by atoms with E-state index in [9.17, 15) is 4.79 Å². The normalized spacial score (nSPS) is 25.0. The van der Waals surface area contributed by atoms with Crippen molar-refractivity contribution in [2.24, 2.45) is 5.41 Å². The Kier molecular flexibility index (Phi) is 4.02. The van der Waals surface area contributed by atoms with Crippen LogP contribution < -0.4 is 0 Å². The second-order valence-corrected chi connectivity index (χ2v) is 6.22. The number of ketones is 1. The van der Waals surface area contributed by atoms with Gasteiger partial charge in [0.1, 0.15) is 0 Å². The lowest BCUT2D eigenvalue weighted by Crippen LogP contribution is -2.45. The number of thioether (sulfide) groups is 1. The van der Waals surface area contributed by atoms with Gasteiger partial charge in [0, 0.05) is 29.5 Å². The average Bonchev–Trinajstić information content (AvgIpc) is 2.07. The van der Waals surface area contributed by atoms with Gasteiger partial charge in [0.05, 0.1) is 6.54 Å². The van der Waals surface area contributed by atoms with Crippen LogP contribution in [0, 0.1) is 5.41 Å². The summed E-state index contributed by atoms with van der Waals surface area (Å²) in [5.41, 5.74) is -0.190. The molecule has 1 fully saturated rings. The lowest BCUT2D eigenvalue weighted by molar-refractivity contribution is -0.127. The van der Waals surface area contributed by atoms with Crippen LogP contribution in [0.4, 0.5) is 0 Å². The fourth-order valence-corrected chi connectivity index (χ4v) is 2.50. The van der Waals surface area contributed by atoms with Crippen LogP contribution in [-0.2, 0) is 4.79 Å². The third-order valence-corrected chi connectivity index (χ3v) is 3.88. The van der Waals surface area contributed by atoms with Crippen LogP contribution in [0.5, 0.6) is 0 Å². The van der Waals surface area contributed by atoms with Crippen LogP contribution in [0.1, 0.15) is 27.7 Å². The molecule has 0 N–H and O–H groups in total. The number of Topliss-reactive ketones (excluding diaryl/α,β-unsaturated/α-hetero) is 1. The van der Waals surface area contributed by atoms with Crippen molar-refractivity contribution >= 4 is 17.5 Å². The number of carbonyl (C=O) groups is 1. The van der Waals surface area contributed by atoms with E-state index >= 15 is 0 Å². The lowest BCUT2D eigenvalue weighted by atomic mass is 9.90. The first-order valence-corrected chi connectivity index (χ1v) is 6.42. The fourth-order valence-electron chi connectivity index (χ4n) is 1.42. The van der Waals surface area contributed by atoms with Crippen LogP contribution >= 0.6 is 11.8 Å². The Morgan fingerprint density at radius 1 is 1.50 bits per heavy atom. The molecule has 14 heavy (non-hydrogen) atoms. The molecule has 0 radical (unpaired) electrons. The van der Waals surface area contributed by atoms with Gasteiger partial charge in [-0.15, -0.1) is 0 Å². The number of carbonyl (C=O) groups excluding carboxylic acids is 1. The third kappa shape index (κ3) is 3.28. The molecule has 0 aromatic heterocycles. The van der Waals surface area contributed by atoms with Crippen molar-refractivity contribution in [2.75, 3.05) is 24.6 Å². The van der Waals surface area contributed by atoms with Crippen LogP contribution in [0.15, 0.2) is 0 Å². The summed E-state index contributed by atoms with van der Waals surface area (Å²) in [5, 5.41) is 0. The first-order chi connectivity index (χ1) is 6.41. The van der Waals surface area contributed by atoms with Crippen molar-refractivity contribution in [3.63, 3.8) is 0 Å².